The number of amides is 1. The highest BCUT2D eigenvalue weighted by Gasteiger charge is 2.34. The number of hydrogen-bond donors (Lipinski definition) is 3. The number of methoxy groups -OCH3 is 1. The molecule has 0 aliphatic carbocycles. The van der Waals surface area contributed by atoms with E-state index in [1.807, 2.05) is 30.3 Å². The van der Waals surface area contributed by atoms with Crippen LogP contribution < -0.4 is 20.7 Å². The molecule has 5 nitrogen and oxygen atoms in total. The van der Waals surface area contributed by atoms with Crippen LogP contribution >= 0.6 is 47.0 Å². The third kappa shape index (κ3) is 7.42. The molecule has 1 amide bonds. The van der Waals surface area contributed by atoms with Crippen molar-refractivity contribution in [1.29, 1.82) is 0 Å². The van der Waals surface area contributed by atoms with E-state index in [2.05, 4.69) is 16.0 Å². The van der Waals surface area contributed by atoms with E-state index in [9.17, 15) is 4.79 Å². The lowest BCUT2D eigenvalue weighted by atomic mass is 10.1. The maximum absolute atomic E-state index is 12.3. The summed E-state index contributed by atoms with van der Waals surface area (Å²) in [6.07, 6.45) is -0.875. The molecule has 0 bridgehead atoms. The molecule has 0 aromatic heterocycles. The summed E-state index contributed by atoms with van der Waals surface area (Å²) in [5, 5.41) is 8.59. The largest absolute Gasteiger partial charge is 0.497 e. The van der Waals surface area contributed by atoms with Crippen LogP contribution in [0.25, 0.3) is 0 Å². The van der Waals surface area contributed by atoms with Crippen LogP contribution in [0.4, 0.5) is 5.69 Å². The quantitative estimate of drug-likeness (QED) is 0.355. The summed E-state index contributed by atoms with van der Waals surface area (Å²) in [6, 6.07) is 16.4. The first-order valence-electron chi connectivity index (χ1n) is 7.89. The van der Waals surface area contributed by atoms with Gasteiger partial charge >= 0.3 is 0 Å². The molecule has 2 aromatic rings. The van der Waals surface area contributed by atoms with Crippen molar-refractivity contribution in [2.24, 2.45) is 0 Å². The van der Waals surface area contributed by atoms with Gasteiger partial charge < -0.3 is 20.7 Å². The van der Waals surface area contributed by atoms with E-state index in [0.717, 1.165) is 5.56 Å². The normalized spacial score (nSPS) is 12.0. The first-order valence-corrected chi connectivity index (χ1v) is 9.43. The smallest absolute Gasteiger partial charge is 0.228 e. The highest BCUT2D eigenvalue weighted by atomic mass is 35.6. The Hall–Kier alpha value is -1.73. The van der Waals surface area contributed by atoms with Gasteiger partial charge in [0.25, 0.3) is 0 Å². The molecule has 0 heterocycles. The van der Waals surface area contributed by atoms with E-state index in [-0.39, 0.29) is 17.4 Å². The molecule has 2 aromatic carbocycles. The molecule has 0 saturated heterocycles. The van der Waals surface area contributed by atoms with Crippen molar-refractivity contribution in [3.63, 3.8) is 0 Å². The number of carbonyl (C=O) groups is 1. The number of anilines is 1. The Morgan fingerprint density at radius 3 is 2.44 bits per heavy atom. The highest BCUT2D eigenvalue weighted by Crippen LogP contribution is 2.29. The highest BCUT2D eigenvalue weighted by molar-refractivity contribution is 7.80. The fourth-order valence-electron chi connectivity index (χ4n) is 2.19. The van der Waals surface area contributed by atoms with Crippen LogP contribution in [0.1, 0.15) is 5.56 Å². The standard InChI is InChI=1S/C18H18Cl3N3O2S/c1-26-14-9-5-8-13(11-14)22-17(27)24-16(18(19,20)21)23-15(25)10-12-6-3-2-4-7-12/h2-9,11,16H,10H2,1H3,(H,23,25)(H2,22,24,27)/t16-/m1/s1. The summed E-state index contributed by atoms with van der Waals surface area (Å²) >= 11 is 23.2. The second-order valence-electron chi connectivity index (χ2n) is 5.53. The zero-order valence-electron chi connectivity index (χ0n) is 14.3. The number of alkyl halides is 3. The van der Waals surface area contributed by atoms with Crippen molar-refractivity contribution in [2.75, 3.05) is 12.4 Å². The first kappa shape index (κ1) is 21.6. The number of nitrogens with one attached hydrogen (secondary N) is 3. The minimum atomic E-state index is -1.81. The molecular formula is C18H18Cl3N3O2S. The topological polar surface area (TPSA) is 62.4 Å². The molecule has 1 atom stereocenters. The van der Waals surface area contributed by atoms with Gasteiger partial charge in [-0.25, -0.2) is 0 Å². The van der Waals surface area contributed by atoms with Gasteiger partial charge in [-0.2, -0.15) is 0 Å². The predicted octanol–water partition coefficient (Wildman–Crippen LogP) is 4.04. The van der Waals surface area contributed by atoms with Gasteiger partial charge in [0.15, 0.2) is 5.11 Å². The minimum absolute atomic E-state index is 0.149. The summed E-state index contributed by atoms with van der Waals surface area (Å²) in [5.41, 5.74) is 1.53. The molecule has 0 fully saturated rings. The maximum Gasteiger partial charge on any atom is 0.228 e. The number of rotatable bonds is 6. The van der Waals surface area contributed by atoms with Crippen molar-refractivity contribution in [3.05, 3.63) is 60.2 Å². The molecule has 0 radical (unpaired) electrons. The summed E-state index contributed by atoms with van der Waals surface area (Å²) < 4.78 is 3.34. The van der Waals surface area contributed by atoms with Crippen molar-refractivity contribution in [2.45, 2.75) is 16.4 Å². The SMILES string of the molecule is COc1cccc(NC(=S)N[C@@H](NC(=O)Cc2ccccc2)C(Cl)(Cl)Cl)c1. The molecular weight excluding hydrogens is 429 g/mol. The summed E-state index contributed by atoms with van der Waals surface area (Å²) in [6.45, 7) is 0. The van der Waals surface area contributed by atoms with Gasteiger partial charge in [-0.05, 0) is 29.9 Å². The molecule has 0 aliphatic heterocycles. The lowest BCUT2D eigenvalue weighted by molar-refractivity contribution is -0.121. The Labute approximate surface area is 178 Å². The van der Waals surface area contributed by atoms with Gasteiger partial charge in [0.05, 0.1) is 13.5 Å². The number of carbonyl (C=O) groups excluding carboxylic acids is 1. The van der Waals surface area contributed by atoms with Crippen LogP contribution in [0, 0.1) is 0 Å². The van der Waals surface area contributed by atoms with Crippen molar-refractivity contribution in [3.8, 4) is 5.75 Å². The number of benzene rings is 2. The second-order valence-corrected chi connectivity index (χ2v) is 8.31. The van der Waals surface area contributed by atoms with Gasteiger partial charge in [-0.15, -0.1) is 0 Å². The van der Waals surface area contributed by atoms with Crippen molar-refractivity contribution >= 4 is 63.7 Å². The maximum atomic E-state index is 12.3. The van der Waals surface area contributed by atoms with E-state index in [1.54, 1.807) is 31.4 Å². The average molecular weight is 447 g/mol. The third-order valence-corrected chi connectivity index (χ3v) is 4.32. The van der Waals surface area contributed by atoms with Crippen molar-refractivity contribution < 1.29 is 9.53 Å². The van der Waals surface area contributed by atoms with E-state index in [0.29, 0.717) is 11.4 Å². The Kier molecular flexibility index (Phi) is 7.98. The van der Waals surface area contributed by atoms with E-state index < -0.39 is 9.96 Å². The van der Waals surface area contributed by atoms with Crippen LogP contribution in [0.5, 0.6) is 5.75 Å². The van der Waals surface area contributed by atoms with Crippen LogP contribution in [-0.2, 0) is 11.2 Å². The van der Waals surface area contributed by atoms with Gasteiger partial charge in [0, 0.05) is 11.8 Å². The third-order valence-electron chi connectivity index (χ3n) is 3.44. The number of halogens is 3. The van der Waals surface area contributed by atoms with E-state index in [4.69, 9.17) is 51.8 Å². The number of ether oxygens (including phenoxy) is 1. The summed E-state index contributed by atoms with van der Waals surface area (Å²) in [5.74, 6) is 0.353. The van der Waals surface area contributed by atoms with Crippen LogP contribution in [0.3, 0.4) is 0 Å². The molecule has 3 N–H and O–H groups in total. The molecule has 0 spiro atoms. The number of hydrogen-bond acceptors (Lipinski definition) is 3. The Morgan fingerprint density at radius 1 is 1.11 bits per heavy atom. The molecule has 0 unspecified atom stereocenters. The van der Waals surface area contributed by atoms with Crippen LogP contribution in [0.15, 0.2) is 54.6 Å². The van der Waals surface area contributed by atoms with Gasteiger partial charge in [0.1, 0.15) is 11.9 Å². The van der Waals surface area contributed by atoms with Crippen LogP contribution in [-0.4, -0.2) is 28.1 Å². The van der Waals surface area contributed by atoms with Crippen LogP contribution in [0.2, 0.25) is 0 Å². The van der Waals surface area contributed by atoms with Gasteiger partial charge in [-0.3, -0.25) is 4.79 Å². The number of thiocarbonyl (C=S) groups is 1. The second kappa shape index (κ2) is 9.99. The zero-order chi connectivity index (χ0) is 19.9. The summed E-state index contributed by atoms with van der Waals surface area (Å²) in [7, 11) is 1.57. The molecule has 27 heavy (non-hydrogen) atoms. The van der Waals surface area contributed by atoms with Crippen molar-refractivity contribution in [1.82, 2.24) is 10.6 Å². The van der Waals surface area contributed by atoms with E-state index >= 15 is 0 Å². The van der Waals surface area contributed by atoms with E-state index in [1.165, 1.54) is 0 Å². The van der Waals surface area contributed by atoms with Gasteiger partial charge in [0.2, 0.25) is 9.70 Å². The minimum Gasteiger partial charge on any atom is -0.497 e. The lowest BCUT2D eigenvalue weighted by Crippen LogP contribution is -2.56. The monoisotopic (exact) mass is 445 g/mol. The lowest BCUT2D eigenvalue weighted by Gasteiger charge is -2.27. The summed E-state index contributed by atoms with van der Waals surface area (Å²) in [4.78, 5) is 12.3. The Bertz CT molecular complexity index is 785. The molecule has 0 aliphatic rings. The molecule has 2 rings (SSSR count). The Balaban J connectivity index is 1.99. The molecule has 0 saturated carbocycles. The fraction of sp³-hybridized carbons (Fsp3) is 0.222. The predicted molar refractivity (Wildman–Crippen MR) is 115 cm³/mol. The Morgan fingerprint density at radius 2 is 1.81 bits per heavy atom. The zero-order valence-corrected chi connectivity index (χ0v) is 17.4. The van der Waals surface area contributed by atoms with Gasteiger partial charge in [-0.1, -0.05) is 71.2 Å². The fourth-order valence-corrected chi connectivity index (χ4v) is 2.76. The molecule has 9 heteroatoms. The first-order chi connectivity index (χ1) is 12.8. The molecule has 144 valence electrons. The average Bonchev–Trinajstić information content (AvgIpc) is 2.61.